The summed E-state index contributed by atoms with van der Waals surface area (Å²) < 4.78 is 6.17. The van der Waals surface area contributed by atoms with Gasteiger partial charge in [0.1, 0.15) is 6.10 Å². The van der Waals surface area contributed by atoms with Crippen molar-refractivity contribution >= 4 is 0 Å². The lowest BCUT2D eigenvalue weighted by Crippen LogP contribution is -2.63. The predicted octanol–water partition coefficient (Wildman–Crippen LogP) is 4.67. The van der Waals surface area contributed by atoms with Crippen LogP contribution in [0.15, 0.2) is 12.3 Å². The zero-order valence-corrected chi connectivity index (χ0v) is 17.1. The molecule has 9 atom stereocenters. The molecule has 4 rings (SSSR count). The first-order valence-electron chi connectivity index (χ1n) is 10.8. The Morgan fingerprint density at radius 2 is 1.69 bits per heavy atom. The minimum absolute atomic E-state index is 0.142. The summed E-state index contributed by atoms with van der Waals surface area (Å²) in [6.45, 7) is 13.1. The molecule has 0 bridgehead atoms. The van der Waals surface area contributed by atoms with Crippen LogP contribution in [-0.4, -0.2) is 28.5 Å². The summed E-state index contributed by atoms with van der Waals surface area (Å²) in [7, 11) is 0. The molecule has 7 unspecified atom stereocenters. The monoisotopic (exact) mass is 362 g/mol. The maximum Gasteiger partial charge on any atom is 0.104 e. The Balaban J connectivity index is 1.65. The van der Waals surface area contributed by atoms with Crippen LogP contribution in [0.3, 0.4) is 0 Å². The Morgan fingerprint density at radius 3 is 2.38 bits per heavy atom. The summed E-state index contributed by atoms with van der Waals surface area (Å²) in [4.78, 5) is 0. The van der Waals surface area contributed by atoms with Crippen molar-refractivity contribution in [3.05, 3.63) is 12.3 Å². The molecular weight excluding hydrogens is 324 g/mol. The lowest BCUT2D eigenvalue weighted by Gasteiger charge is -2.66. The van der Waals surface area contributed by atoms with E-state index in [9.17, 15) is 10.2 Å². The third-order valence-corrected chi connectivity index (χ3v) is 9.70. The molecule has 0 aromatic rings. The van der Waals surface area contributed by atoms with Crippen LogP contribution in [0.25, 0.3) is 0 Å². The van der Waals surface area contributed by atoms with Crippen LogP contribution in [0, 0.1) is 34.0 Å². The second-order valence-electron chi connectivity index (χ2n) is 10.8. The number of fused-ring (bicyclic) bond motifs is 5. The van der Waals surface area contributed by atoms with E-state index in [1.54, 1.807) is 0 Å². The molecule has 0 aromatic heterocycles. The number of allylic oxidation sites excluding steroid dienone is 1. The van der Waals surface area contributed by atoms with Crippen LogP contribution in [0.4, 0.5) is 0 Å². The highest BCUT2D eigenvalue weighted by Crippen LogP contribution is 2.70. The van der Waals surface area contributed by atoms with E-state index in [0.717, 1.165) is 37.9 Å². The Kier molecular flexibility index (Phi) is 4.32. The summed E-state index contributed by atoms with van der Waals surface area (Å²) in [6.07, 6.45) is 8.17. The quantitative estimate of drug-likeness (QED) is 0.702. The van der Waals surface area contributed by atoms with Crippen LogP contribution in [-0.2, 0) is 4.74 Å². The number of hydrogen-bond donors (Lipinski definition) is 2. The van der Waals surface area contributed by atoms with Gasteiger partial charge in [0.05, 0.1) is 18.0 Å². The van der Waals surface area contributed by atoms with Crippen LogP contribution in [0.2, 0.25) is 0 Å². The van der Waals surface area contributed by atoms with Gasteiger partial charge in [-0.3, -0.25) is 0 Å². The summed E-state index contributed by atoms with van der Waals surface area (Å²) >= 11 is 0. The van der Waals surface area contributed by atoms with Gasteiger partial charge in [-0.25, -0.2) is 0 Å². The van der Waals surface area contributed by atoms with Crippen molar-refractivity contribution in [3.8, 4) is 0 Å². The molecule has 0 aromatic carbocycles. The maximum atomic E-state index is 11.2. The average molecular weight is 363 g/mol. The lowest BCUT2D eigenvalue weighted by molar-refractivity contribution is -0.221. The standard InChI is InChI=1S/C23H38O3/c1-14(2)26-20-7-6-17-16-12-19(25)23(5)13-15(24)8-11-22(23,4)18(16)9-10-21(17,20)3/h15-20,24-25H,1,6-13H2,2-5H3/t15-,16?,17?,18?,19+,20?,21?,22?,23?/m1/s1. The molecule has 4 saturated carbocycles. The van der Waals surface area contributed by atoms with E-state index in [4.69, 9.17) is 4.74 Å². The lowest BCUT2D eigenvalue weighted by atomic mass is 9.40. The van der Waals surface area contributed by atoms with Crippen LogP contribution in [0.1, 0.15) is 79.1 Å². The molecule has 148 valence electrons. The van der Waals surface area contributed by atoms with Crippen molar-refractivity contribution in [3.63, 3.8) is 0 Å². The van der Waals surface area contributed by atoms with Crippen molar-refractivity contribution in [2.75, 3.05) is 0 Å². The Hall–Kier alpha value is -0.540. The number of aliphatic hydroxyl groups is 2. The van der Waals surface area contributed by atoms with E-state index < -0.39 is 0 Å². The van der Waals surface area contributed by atoms with Gasteiger partial charge in [-0.05, 0) is 81.5 Å². The van der Waals surface area contributed by atoms with Crippen molar-refractivity contribution in [2.24, 2.45) is 34.0 Å². The first kappa shape index (κ1) is 18.8. The summed E-state index contributed by atoms with van der Waals surface area (Å²) in [5.41, 5.74) is 0.215. The third kappa shape index (κ3) is 2.38. The fourth-order valence-electron chi connectivity index (χ4n) is 8.02. The molecule has 0 saturated heterocycles. The fourth-order valence-corrected chi connectivity index (χ4v) is 8.02. The Bertz CT molecular complexity index is 588. The van der Waals surface area contributed by atoms with Gasteiger partial charge in [0.15, 0.2) is 0 Å². The smallest absolute Gasteiger partial charge is 0.104 e. The maximum absolute atomic E-state index is 11.2. The number of hydrogen-bond acceptors (Lipinski definition) is 3. The number of aliphatic hydroxyl groups excluding tert-OH is 2. The molecule has 4 aliphatic carbocycles. The highest BCUT2D eigenvalue weighted by atomic mass is 16.5. The van der Waals surface area contributed by atoms with Crippen molar-refractivity contribution < 1.29 is 14.9 Å². The minimum atomic E-state index is -0.299. The SMILES string of the molecule is C=C(C)OC1CCC2C3C[C@H](O)C4(C)C[C@H](O)CCC4(C)C3CCC12C. The molecular formula is C23H38O3. The first-order valence-corrected chi connectivity index (χ1v) is 10.8. The third-order valence-electron chi connectivity index (χ3n) is 9.70. The second-order valence-corrected chi connectivity index (χ2v) is 10.8. The zero-order valence-electron chi connectivity index (χ0n) is 17.1. The summed E-state index contributed by atoms with van der Waals surface area (Å²) in [5, 5.41) is 21.6. The van der Waals surface area contributed by atoms with Crippen molar-refractivity contribution in [2.45, 2.75) is 97.4 Å². The molecule has 0 amide bonds. The first-order chi connectivity index (χ1) is 12.1. The molecule has 0 spiro atoms. The molecule has 4 fully saturated rings. The van der Waals surface area contributed by atoms with Gasteiger partial charge in [-0.1, -0.05) is 27.4 Å². The second kappa shape index (κ2) is 5.98. The number of rotatable bonds is 2. The van der Waals surface area contributed by atoms with Crippen LogP contribution < -0.4 is 0 Å². The molecule has 3 heteroatoms. The number of ether oxygens (including phenoxy) is 1. The van der Waals surface area contributed by atoms with Gasteiger partial charge in [0, 0.05) is 10.8 Å². The van der Waals surface area contributed by atoms with E-state index in [1.807, 2.05) is 6.92 Å². The normalized spacial score (nSPS) is 56.2. The van der Waals surface area contributed by atoms with Gasteiger partial charge in [-0.15, -0.1) is 0 Å². The zero-order chi connectivity index (χ0) is 18.9. The van der Waals surface area contributed by atoms with Gasteiger partial charge in [0.2, 0.25) is 0 Å². The average Bonchev–Trinajstić information content (AvgIpc) is 2.87. The Morgan fingerprint density at radius 1 is 0.962 bits per heavy atom. The highest BCUT2D eigenvalue weighted by Gasteiger charge is 2.66. The Labute approximate surface area is 159 Å². The van der Waals surface area contributed by atoms with Gasteiger partial charge < -0.3 is 14.9 Å². The molecule has 3 nitrogen and oxygen atoms in total. The summed E-state index contributed by atoms with van der Waals surface area (Å²) in [5.74, 6) is 2.75. The van der Waals surface area contributed by atoms with Crippen molar-refractivity contribution in [1.29, 1.82) is 0 Å². The van der Waals surface area contributed by atoms with Crippen LogP contribution >= 0.6 is 0 Å². The molecule has 4 aliphatic rings. The van der Waals surface area contributed by atoms with E-state index >= 15 is 0 Å². The molecule has 0 heterocycles. The highest BCUT2D eigenvalue weighted by molar-refractivity contribution is 5.15. The van der Waals surface area contributed by atoms with E-state index in [0.29, 0.717) is 17.8 Å². The molecule has 26 heavy (non-hydrogen) atoms. The predicted molar refractivity (Wildman–Crippen MR) is 103 cm³/mol. The van der Waals surface area contributed by atoms with Crippen LogP contribution in [0.5, 0.6) is 0 Å². The van der Waals surface area contributed by atoms with Gasteiger partial charge in [0.25, 0.3) is 0 Å². The topological polar surface area (TPSA) is 49.7 Å². The largest absolute Gasteiger partial charge is 0.495 e. The summed E-state index contributed by atoms with van der Waals surface area (Å²) in [6, 6.07) is 0. The fraction of sp³-hybridized carbons (Fsp3) is 0.913. The van der Waals surface area contributed by atoms with Gasteiger partial charge >= 0.3 is 0 Å². The van der Waals surface area contributed by atoms with E-state index in [1.165, 1.54) is 19.3 Å². The van der Waals surface area contributed by atoms with E-state index in [-0.39, 0.29) is 34.6 Å². The minimum Gasteiger partial charge on any atom is -0.495 e. The molecule has 0 radical (unpaired) electrons. The van der Waals surface area contributed by atoms with E-state index in [2.05, 4.69) is 27.4 Å². The van der Waals surface area contributed by atoms with Gasteiger partial charge in [-0.2, -0.15) is 0 Å². The molecule has 0 aliphatic heterocycles. The van der Waals surface area contributed by atoms with Crippen molar-refractivity contribution in [1.82, 2.24) is 0 Å². The molecule has 2 N–H and O–H groups in total.